The molecule has 0 saturated heterocycles. The van der Waals surface area contributed by atoms with E-state index in [1.807, 2.05) is 91.5 Å². The zero-order valence-electron chi connectivity index (χ0n) is 26.4. The van der Waals surface area contributed by atoms with Crippen molar-refractivity contribution in [2.45, 2.75) is 57.3 Å². The van der Waals surface area contributed by atoms with Gasteiger partial charge in [-0.3, -0.25) is 0 Å². The first kappa shape index (κ1) is 34.3. The highest BCUT2D eigenvalue weighted by molar-refractivity contribution is 7.99. The summed E-state index contributed by atoms with van der Waals surface area (Å²) in [5.74, 6) is 3.69. The average molecular weight is 644 g/mol. The van der Waals surface area contributed by atoms with Gasteiger partial charge >= 0.3 is 0 Å². The molecule has 1 N–H and O–H groups in total. The van der Waals surface area contributed by atoms with Gasteiger partial charge in [0, 0.05) is 17.1 Å². The van der Waals surface area contributed by atoms with Crippen molar-refractivity contribution in [2.75, 3.05) is 36.1 Å². The largest absolute Gasteiger partial charge is 0.481 e. The molecule has 0 atom stereocenters. The number of benzene rings is 3. The van der Waals surface area contributed by atoms with Crippen molar-refractivity contribution < 1.29 is 14.6 Å². The van der Waals surface area contributed by atoms with Gasteiger partial charge < -0.3 is 19.5 Å². The van der Waals surface area contributed by atoms with Crippen LogP contribution in [-0.2, 0) is 4.74 Å². The molecule has 3 aromatic carbocycles. The SMILES string of the molecule is CCN(CCOC(O)=C1C=CC=C1)c1ccc(N=Nc2ccc(Oc3ccc(SCCCCCCCCS)cc3)cc2)c(C)c1. The summed E-state index contributed by atoms with van der Waals surface area (Å²) in [7, 11) is 0. The van der Waals surface area contributed by atoms with Gasteiger partial charge in [0.15, 0.2) is 0 Å². The fourth-order valence-corrected chi connectivity index (χ4v) is 5.95. The number of nitrogens with zero attached hydrogens (tertiary/aromatic N) is 3. The molecule has 8 heteroatoms. The van der Waals surface area contributed by atoms with Gasteiger partial charge in [-0.25, -0.2) is 0 Å². The number of hydrogen-bond acceptors (Lipinski definition) is 8. The second-order valence-electron chi connectivity index (χ2n) is 10.8. The highest BCUT2D eigenvalue weighted by Gasteiger charge is 2.09. The van der Waals surface area contributed by atoms with Crippen LogP contribution in [0.3, 0.4) is 0 Å². The molecule has 0 heterocycles. The molecule has 0 saturated carbocycles. The van der Waals surface area contributed by atoms with E-state index in [-0.39, 0.29) is 5.95 Å². The van der Waals surface area contributed by atoms with Crippen LogP contribution in [0.4, 0.5) is 17.1 Å². The van der Waals surface area contributed by atoms with E-state index in [2.05, 4.69) is 52.9 Å². The van der Waals surface area contributed by atoms with E-state index in [4.69, 9.17) is 9.47 Å². The van der Waals surface area contributed by atoms with E-state index in [0.717, 1.165) is 52.2 Å². The van der Waals surface area contributed by atoms with Crippen LogP contribution >= 0.6 is 24.4 Å². The number of rotatable bonds is 19. The first-order chi connectivity index (χ1) is 22.1. The molecule has 1 aliphatic carbocycles. The van der Waals surface area contributed by atoms with Gasteiger partial charge in [0.1, 0.15) is 18.1 Å². The Morgan fingerprint density at radius 1 is 0.844 bits per heavy atom. The predicted molar refractivity (Wildman–Crippen MR) is 192 cm³/mol. The van der Waals surface area contributed by atoms with E-state index >= 15 is 0 Å². The normalized spacial score (nSPS) is 12.3. The van der Waals surface area contributed by atoms with Crippen LogP contribution in [0.5, 0.6) is 11.5 Å². The molecule has 0 radical (unpaired) electrons. The number of allylic oxidation sites excluding steroid dienone is 5. The third-order valence-corrected chi connectivity index (χ3v) is 8.84. The van der Waals surface area contributed by atoms with E-state index in [0.29, 0.717) is 18.7 Å². The van der Waals surface area contributed by atoms with Crippen LogP contribution in [0.25, 0.3) is 0 Å². The summed E-state index contributed by atoms with van der Waals surface area (Å²) in [6.45, 7) is 5.98. The number of azo groups is 1. The third kappa shape index (κ3) is 11.7. The van der Waals surface area contributed by atoms with Crippen molar-refractivity contribution in [1.29, 1.82) is 0 Å². The maximum atomic E-state index is 10.1. The number of thioether (sulfide) groups is 1. The summed E-state index contributed by atoms with van der Waals surface area (Å²) in [6.07, 6.45) is 15.1. The number of likely N-dealkylation sites (N-methyl/N-ethyl adjacent to an activating group) is 1. The standard InChI is InChI=1S/C37H45N3O3S2/c1-3-40(24-25-42-37(41)30-12-8-9-13-30)32-16-23-36(29(2)28-32)39-38-31-14-17-33(18-15-31)43-34-19-21-35(22-20-34)45-27-11-7-5-4-6-10-26-44/h8-9,12-23,28,41,44H,3-7,10-11,24-27H2,1-2H3. The van der Waals surface area contributed by atoms with Crippen LogP contribution in [-0.4, -0.2) is 36.3 Å². The Labute approximate surface area is 278 Å². The predicted octanol–water partition coefficient (Wildman–Crippen LogP) is 11.3. The lowest BCUT2D eigenvalue weighted by Crippen LogP contribution is -2.27. The van der Waals surface area contributed by atoms with Gasteiger partial charge in [-0.2, -0.15) is 22.9 Å². The van der Waals surface area contributed by atoms with Crippen LogP contribution in [0.1, 0.15) is 51.0 Å². The molecule has 0 bridgehead atoms. The Morgan fingerprint density at radius 3 is 2.18 bits per heavy atom. The molecule has 1 aliphatic rings. The zero-order chi connectivity index (χ0) is 31.7. The van der Waals surface area contributed by atoms with Crippen molar-refractivity contribution in [2.24, 2.45) is 10.2 Å². The molecule has 0 amide bonds. The molecule has 0 aromatic heterocycles. The maximum Gasteiger partial charge on any atom is 0.284 e. The lowest BCUT2D eigenvalue weighted by atomic mass is 10.1. The highest BCUT2D eigenvalue weighted by atomic mass is 32.2. The topological polar surface area (TPSA) is 66.7 Å². The first-order valence-electron chi connectivity index (χ1n) is 15.9. The third-order valence-electron chi connectivity index (χ3n) is 7.43. The Morgan fingerprint density at radius 2 is 1.51 bits per heavy atom. The minimum absolute atomic E-state index is 0.0430. The number of ether oxygens (including phenoxy) is 2. The Bertz CT molecular complexity index is 1440. The number of aliphatic hydroxyl groups is 1. The van der Waals surface area contributed by atoms with E-state index in [1.165, 1.54) is 43.4 Å². The summed E-state index contributed by atoms with van der Waals surface area (Å²) in [4.78, 5) is 3.48. The molecule has 6 nitrogen and oxygen atoms in total. The lowest BCUT2D eigenvalue weighted by Gasteiger charge is -2.23. The molecule has 45 heavy (non-hydrogen) atoms. The number of thiol groups is 1. The van der Waals surface area contributed by atoms with Crippen LogP contribution < -0.4 is 9.64 Å². The smallest absolute Gasteiger partial charge is 0.284 e. The number of aliphatic hydroxyl groups excluding tert-OH is 1. The molecule has 0 unspecified atom stereocenters. The second-order valence-corrected chi connectivity index (χ2v) is 12.5. The fourth-order valence-electron chi connectivity index (χ4n) is 4.81. The number of hydrogen-bond donors (Lipinski definition) is 2. The maximum absolute atomic E-state index is 10.1. The first-order valence-corrected chi connectivity index (χ1v) is 17.5. The summed E-state index contributed by atoms with van der Waals surface area (Å²) >= 11 is 6.19. The van der Waals surface area contributed by atoms with Gasteiger partial charge in [-0.05, 0) is 123 Å². The minimum Gasteiger partial charge on any atom is -0.481 e. The summed E-state index contributed by atoms with van der Waals surface area (Å²) in [6, 6.07) is 22.1. The zero-order valence-corrected chi connectivity index (χ0v) is 28.1. The van der Waals surface area contributed by atoms with Crippen molar-refractivity contribution in [3.8, 4) is 11.5 Å². The molecular formula is C37H45N3O3S2. The molecule has 238 valence electrons. The van der Waals surface area contributed by atoms with Gasteiger partial charge in [0.05, 0.1) is 23.5 Å². The molecule has 3 aromatic rings. The Balaban J connectivity index is 1.22. The quantitative estimate of drug-likeness (QED) is 0.0447. The van der Waals surface area contributed by atoms with Gasteiger partial charge in [-0.15, -0.1) is 11.8 Å². The lowest BCUT2D eigenvalue weighted by molar-refractivity contribution is 0.0955. The monoisotopic (exact) mass is 643 g/mol. The highest BCUT2D eigenvalue weighted by Crippen LogP contribution is 2.30. The molecule has 0 fully saturated rings. The van der Waals surface area contributed by atoms with E-state index < -0.39 is 0 Å². The van der Waals surface area contributed by atoms with Crippen LogP contribution in [0.15, 0.2) is 118 Å². The van der Waals surface area contributed by atoms with Crippen molar-refractivity contribution in [3.63, 3.8) is 0 Å². The second kappa shape index (κ2) is 19.0. The van der Waals surface area contributed by atoms with E-state index in [9.17, 15) is 5.11 Å². The molecule has 4 rings (SSSR count). The Kier molecular flexibility index (Phi) is 14.5. The summed E-state index contributed by atoms with van der Waals surface area (Å²) in [5, 5.41) is 19.0. The van der Waals surface area contributed by atoms with Gasteiger partial charge in [0.25, 0.3) is 5.95 Å². The molecular weight excluding hydrogens is 599 g/mol. The van der Waals surface area contributed by atoms with Crippen LogP contribution in [0.2, 0.25) is 0 Å². The number of unbranched alkanes of at least 4 members (excludes halogenated alkanes) is 5. The van der Waals surface area contributed by atoms with Crippen molar-refractivity contribution in [1.82, 2.24) is 0 Å². The van der Waals surface area contributed by atoms with E-state index in [1.54, 1.807) is 0 Å². The fraction of sp³-hybridized carbons (Fsp3) is 0.351. The van der Waals surface area contributed by atoms with Crippen LogP contribution in [0, 0.1) is 6.92 Å². The van der Waals surface area contributed by atoms with Crippen molar-refractivity contribution >= 4 is 41.5 Å². The van der Waals surface area contributed by atoms with Crippen molar-refractivity contribution in [3.05, 3.63) is 108 Å². The Hall–Kier alpha value is -3.62. The number of anilines is 1. The number of aryl methyl sites for hydroxylation is 1. The summed E-state index contributed by atoms with van der Waals surface area (Å²) < 4.78 is 11.6. The average Bonchev–Trinajstić information content (AvgIpc) is 3.61. The summed E-state index contributed by atoms with van der Waals surface area (Å²) in [5.41, 5.74) is 4.37. The van der Waals surface area contributed by atoms with Gasteiger partial charge in [-0.1, -0.05) is 37.8 Å². The van der Waals surface area contributed by atoms with Gasteiger partial charge in [0.2, 0.25) is 0 Å². The minimum atomic E-state index is -0.0430. The molecule has 0 spiro atoms. The molecule has 0 aliphatic heterocycles.